The number of hydrogen-bond donors (Lipinski definition) is 1. The third kappa shape index (κ3) is 6.50. The molecule has 0 saturated heterocycles. The van der Waals surface area contributed by atoms with Gasteiger partial charge in [0.1, 0.15) is 5.58 Å². The van der Waals surface area contributed by atoms with Crippen LogP contribution >= 0.6 is 0 Å². The smallest absolute Gasteiger partial charge is 0.174 e. The zero-order valence-corrected chi connectivity index (χ0v) is 28.4. The first kappa shape index (κ1) is 32.7. The van der Waals surface area contributed by atoms with Crippen molar-refractivity contribution < 1.29 is 38.8 Å². The number of ketones is 1. The molecule has 0 unspecified atom stereocenters. The summed E-state index contributed by atoms with van der Waals surface area (Å²) in [6.45, 7) is 7.32. The van der Waals surface area contributed by atoms with E-state index in [9.17, 15) is 4.79 Å². The number of benzene rings is 5. The van der Waals surface area contributed by atoms with Crippen molar-refractivity contribution in [2.45, 2.75) is 34.1 Å². The molecule has 7 rings (SSSR count). The maximum atomic E-state index is 15.8. The summed E-state index contributed by atoms with van der Waals surface area (Å²) in [5.74, 6) is 0.0608. The average molecular weight is 787 g/mol. The van der Waals surface area contributed by atoms with Gasteiger partial charge in [-0.25, -0.2) is 4.39 Å². The largest absolute Gasteiger partial charge is 0.512 e. The Hall–Kier alpha value is -4.64. The quantitative estimate of drug-likeness (QED) is 0.0817. The van der Waals surface area contributed by atoms with Gasteiger partial charge in [-0.05, 0) is 54.7 Å². The van der Waals surface area contributed by atoms with Crippen LogP contribution in [0.25, 0.3) is 65.9 Å². The number of carbonyl (C=O) groups excluding carboxylic acids is 1. The molecule has 1 N–H and O–H groups in total. The van der Waals surface area contributed by atoms with Crippen molar-refractivity contribution in [2.24, 2.45) is 5.92 Å². The summed E-state index contributed by atoms with van der Waals surface area (Å²) in [5, 5.41) is 14.7. The maximum Gasteiger partial charge on any atom is 0.174 e. The molecule has 0 saturated carbocycles. The molecule has 0 bridgehead atoms. The predicted octanol–water partition coefficient (Wildman–Crippen LogP) is 10.8. The number of rotatable bonds is 5. The van der Waals surface area contributed by atoms with Crippen molar-refractivity contribution >= 4 is 49.3 Å². The molecule has 2 heterocycles. The predicted molar refractivity (Wildman–Crippen MR) is 182 cm³/mol. The summed E-state index contributed by atoms with van der Waals surface area (Å²) in [6, 6.07) is 33.8. The Balaban J connectivity index is 0.000000471. The van der Waals surface area contributed by atoms with Gasteiger partial charge in [-0.15, -0.1) is 29.1 Å². The Morgan fingerprint density at radius 2 is 1.63 bits per heavy atom. The molecule has 0 atom stereocenters. The molecule has 0 aliphatic carbocycles. The summed E-state index contributed by atoms with van der Waals surface area (Å²) in [6.07, 6.45) is 3.87. The third-order valence-corrected chi connectivity index (χ3v) is 7.71. The van der Waals surface area contributed by atoms with Crippen LogP contribution in [0.2, 0.25) is 0 Å². The van der Waals surface area contributed by atoms with Gasteiger partial charge in [0, 0.05) is 54.4 Å². The van der Waals surface area contributed by atoms with E-state index in [4.69, 9.17) is 14.5 Å². The van der Waals surface area contributed by atoms with Crippen LogP contribution in [0.5, 0.6) is 0 Å². The van der Waals surface area contributed by atoms with Gasteiger partial charge in [-0.2, -0.15) is 0 Å². The number of carbonyl (C=O) groups is 1. The molecule has 0 aliphatic rings. The second-order valence-electron chi connectivity index (χ2n) is 11.7. The zero-order valence-electron chi connectivity index (χ0n) is 26.0. The van der Waals surface area contributed by atoms with Crippen LogP contribution in [0, 0.1) is 17.8 Å². The van der Waals surface area contributed by atoms with Crippen LogP contribution in [0.1, 0.15) is 33.3 Å². The molecule has 0 spiro atoms. The molecular weight excluding hydrogens is 754 g/mol. The third-order valence-electron chi connectivity index (χ3n) is 7.71. The van der Waals surface area contributed by atoms with E-state index in [0.29, 0.717) is 22.8 Å². The average Bonchev–Trinajstić information content (AvgIpc) is 3.40. The number of hydrogen-bond acceptors (Lipinski definition) is 4. The van der Waals surface area contributed by atoms with Crippen molar-refractivity contribution in [1.82, 2.24) is 4.98 Å². The van der Waals surface area contributed by atoms with E-state index >= 15 is 4.39 Å². The molecule has 233 valence electrons. The minimum absolute atomic E-state index is 0. The van der Waals surface area contributed by atoms with Crippen LogP contribution in [-0.4, -0.2) is 15.9 Å². The van der Waals surface area contributed by atoms with Gasteiger partial charge < -0.3 is 9.52 Å². The normalized spacial score (nSPS) is 11.6. The first-order chi connectivity index (χ1) is 21.7. The van der Waals surface area contributed by atoms with Gasteiger partial charge in [-0.3, -0.25) is 9.78 Å². The standard InChI is InChI=1S/C35H25FNO.C5H8O2.Ir/c1-21(2)18-25-20-26(19-24-13-12-23-10-6-7-11-27(23)31(24)25)33-35-30(16-17-37-33)29-15-14-28(32(36)34(29)38-35)22-8-4-3-5-9-22;1-4(6)3-5(2)7;/h3-17,20-21H,18H2,1-2H3;3,6H,1-2H3;/q-1;;/b;4-3-;. The molecule has 5 aromatic carbocycles. The topological polar surface area (TPSA) is 63.3 Å². The monoisotopic (exact) mass is 787 g/mol. The van der Waals surface area contributed by atoms with Crippen molar-refractivity contribution in [3.05, 3.63) is 126 Å². The fourth-order valence-corrected chi connectivity index (χ4v) is 5.94. The number of aromatic nitrogens is 1. The Kier molecular flexibility index (Phi) is 9.81. The molecule has 0 amide bonds. The van der Waals surface area contributed by atoms with E-state index in [1.807, 2.05) is 48.5 Å². The van der Waals surface area contributed by atoms with Crippen LogP contribution < -0.4 is 0 Å². The summed E-state index contributed by atoms with van der Waals surface area (Å²) in [7, 11) is 0. The van der Waals surface area contributed by atoms with Gasteiger partial charge in [-0.1, -0.05) is 91.5 Å². The van der Waals surface area contributed by atoms with Crippen LogP contribution in [-0.2, 0) is 31.3 Å². The van der Waals surface area contributed by atoms with Gasteiger partial charge in [0.25, 0.3) is 0 Å². The van der Waals surface area contributed by atoms with E-state index in [1.165, 1.54) is 41.6 Å². The number of aliphatic hydroxyl groups is 1. The number of halogens is 1. The summed E-state index contributed by atoms with van der Waals surface area (Å²) in [4.78, 5) is 14.7. The van der Waals surface area contributed by atoms with Gasteiger partial charge >= 0.3 is 0 Å². The van der Waals surface area contributed by atoms with E-state index in [-0.39, 0.29) is 43.0 Å². The molecule has 7 aromatic rings. The minimum atomic E-state index is -0.356. The second-order valence-corrected chi connectivity index (χ2v) is 11.7. The molecule has 1 radical (unpaired) electrons. The number of furan rings is 1. The number of aliphatic hydroxyl groups excluding tert-OH is 1. The Labute approximate surface area is 280 Å². The molecule has 0 aliphatic heterocycles. The number of fused-ring (bicyclic) bond motifs is 6. The van der Waals surface area contributed by atoms with E-state index in [1.54, 1.807) is 6.20 Å². The van der Waals surface area contributed by atoms with Crippen molar-refractivity contribution in [1.29, 1.82) is 0 Å². The first-order valence-corrected chi connectivity index (χ1v) is 15.0. The van der Waals surface area contributed by atoms with E-state index in [0.717, 1.165) is 33.7 Å². The molecule has 6 heteroatoms. The second kappa shape index (κ2) is 13.8. The summed E-state index contributed by atoms with van der Waals surface area (Å²) in [5.41, 5.74) is 4.97. The zero-order chi connectivity index (χ0) is 31.7. The van der Waals surface area contributed by atoms with Gasteiger partial charge in [0.15, 0.2) is 17.2 Å². The van der Waals surface area contributed by atoms with Gasteiger partial charge in [0.05, 0.1) is 5.76 Å². The molecule has 2 aromatic heterocycles. The summed E-state index contributed by atoms with van der Waals surface area (Å²) < 4.78 is 22.0. The molecular formula is C40H33FIrNO3-. The minimum Gasteiger partial charge on any atom is -0.512 e. The summed E-state index contributed by atoms with van der Waals surface area (Å²) >= 11 is 0. The first-order valence-electron chi connectivity index (χ1n) is 15.0. The Morgan fingerprint density at radius 3 is 2.33 bits per heavy atom. The Bertz CT molecular complexity index is 2230. The van der Waals surface area contributed by atoms with Crippen LogP contribution in [0.3, 0.4) is 0 Å². The van der Waals surface area contributed by atoms with E-state index < -0.39 is 0 Å². The fourth-order valence-electron chi connectivity index (χ4n) is 5.94. The van der Waals surface area contributed by atoms with Crippen LogP contribution in [0.4, 0.5) is 4.39 Å². The number of allylic oxidation sites excluding steroid dienone is 2. The van der Waals surface area contributed by atoms with Gasteiger partial charge in [0.2, 0.25) is 0 Å². The molecule has 46 heavy (non-hydrogen) atoms. The van der Waals surface area contributed by atoms with Crippen molar-refractivity contribution in [2.75, 3.05) is 0 Å². The molecule has 4 nitrogen and oxygen atoms in total. The van der Waals surface area contributed by atoms with Crippen LogP contribution in [0.15, 0.2) is 113 Å². The maximum absolute atomic E-state index is 15.8. The van der Waals surface area contributed by atoms with Crippen molar-refractivity contribution in [3.8, 4) is 22.4 Å². The van der Waals surface area contributed by atoms with Crippen molar-refractivity contribution in [3.63, 3.8) is 0 Å². The fraction of sp³-hybridized carbons (Fsp3) is 0.150. The number of nitrogens with zero attached hydrogens (tertiary/aromatic N) is 1. The van der Waals surface area contributed by atoms with E-state index in [2.05, 4.69) is 62.4 Å². The molecule has 0 fully saturated rings. The Morgan fingerprint density at radius 1 is 0.913 bits per heavy atom. The number of pyridine rings is 1. The SMILES string of the molecule is CC(=O)/C=C(/C)O.CC(C)Cc1cc(-c2nccc3c2oc2c(F)c(-c4ccccc4)ccc23)[c-]c2ccc3ccccc3c12.[Ir].